The highest BCUT2D eigenvalue weighted by Crippen LogP contribution is 2.27. The van der Waals surface area contributed by atoms with Crippen LogP contribution in [0.5, 0.6) is 0 Å². The Morgan fingerprint density at radius 3 is 2.00 bits per heavy atom. The number of hydrogen-bond donors (Lipinski definition) is 0. The second-order valence-corrected chi connectivity index (χ2v) is 4.51. The SMILES string of the molecule is C1CCCN(CC2CCC2)CC1. The summed E-state index contributed by atoms with van der Waals surface area (Å²) >= 11 is 0. The highest BCUT2D eigenvalue weighted by atomic mass is 15.1. The van der Waals surface area contributed by atoms with Gasteiger partial charge in [0.25, 0.3) is 0 Å². The smallest absolute Gasteiger partial charge is 0.000965 e. The lowest BCUT2D eigenvalue weighted by Crippen LogP contribution is -2.33. The molecule has 2 aliphatic rings. The Hall–Kier alpha value is -0.0400. The summed E-state index contributed by atoms with van der Waals surface area (Å²) in [5.74, 6) is 1.07. The molecule has 70 valence electrons. The zero-order valence-corrected chi connectivity index (χ0v) is 8.10. The molecule has 1 heterocycles. The van der Waals surface area contributed by atoms with Crippen molar-refractivity contribution in [3.63, 3.8) is 0 Å². The maximum Gasteiger partial charge on any atom is 0.000965 e. The Kier molecular flexibility index (Phi) is 3.04. The van der Waals surface area contributed by atoms with Gasteiger partial charge in [-0.2, -0.15) is 0 Å². The van der Waals surface area contributed by atoms with Crippen molar-refractivity contribution < 1.29 is 0 Å². The molecule has 0 N–H and O–H groups in total. The first-order valence-corrected chi connectivity index (χ1v) is 5.67. The second-order valence-electron chi connectivity index (χ2n) is 4.51. The molecule has 2 fully saturated rings. The summed E-state index contributed by atoms with van der Waals surface area (Å²) in [6.45, 7) is 4.19. The van der Waals surface area contributed by atoms with E-state index in [1.54, 1.807) is 0 Å². The van der Waals surface area contributed by atoms with Crippen LogP contribution in [0, 0.1) is 5.92 Å². The predicted octanol–water partition coefficient (Wildman–Crippen LogP) is 2.66. The Balaban J connectivity index is 1.69. The Morgan fingerprint density at radius 2 is 1.50 bits per heavy atom. The van der Waals surface area contributed by atoms with Gasteiger partial charge in [-0.15, -0.1) is 0 Å². The maximum absolute atomic E-state index is 2.71. The van der Waals surface area contributed by atoms with E-state index in [1.165, 1.54) is 64.6 Å². The molecule has 0 spiro atoms. The van der Waals surface area contributed by atoms with E-state index in [0.29, 0.717) is 0 Å². The van der Waals surface area contributed by atoms with Gasteiger partial charge >= 0.3 is 0 Å². The first kappa shape index (κ1) is 8.55. The minimum absolute atomic E-state index is 1.07. The summed E-state index contributed by atoms with van der Waals surface area (Å²) < 4.78 is 0. The Morgan fingerprint density at radius 1 is 0.833 bits per heavy atom. The van der Waals surface area contributed by atoms with Gasteiger partial charge in [0, 0.05) is 6.54 Å². The summed E-state index contributed by atoms with van der Waals surface area (Å²) in [4.78, 5) is 2.71. The van der Waals surface area contributed by atoms with Crippen LogP contribution < -0.4 is 0 Å². The molecule has 1 saturated carbocycles. The highest BCUT2D eigenvalue weighted by molar-refractivity contribution is 4.74. The van der Waals surface area contributed by atoms with Crippen molar-refractivity contribution in [1.29, 1.82) is 0 Å². The Bertz CT molecular complexity index is 121. The van der Waals surface area contributed by atoms with Crippen LogP contribution in [0.25, 0.3) is 0 Å². The van der Waals surface area contributed by atoms with E-state index in [4.69, 9.17) is 0 Å². The molecule has 0 amide bonds. The molecule has 0 aromatic carbocycles. The lowest BCUT2D eigenvalue weighted by atomic mass is 9.85. The van der Waals surface area contributed by atoms with Crippen LogP contribution in [0.1, 0.15) is 44.9 Å². The van der Waals surface area contributed by atoms with E-state index in [2.05, 4.69) is 4.90 Å². The van der Waals surface area contributed by atoms with Gasteiger partial charge in [0.1, 0.15) is 0 Å². The average molecular weight is 167 g/mol. The van der Waals surface area contributed by atoms with Crippen molar-refractivity contribution in [3.05, 3.63) is 0 Å². The van der Waals surface area contributed by atoms with Gasteiger partial charge < -0.3 is 4.90 Å². The van der Waals surface area contributed by atoms with E-state index in [9.17, 15) is 0 Å². The maximum atomic E-state index is 2.71. The molecule has 1 aliphatic heterocycles. The Labute approximate surface area is 76.1 Å². The molecule has 1 nitrogen and oxygen atoms in total. The molecule has 0 aromatic heterocycles. The van der Waals surface area contributed by atoms with Crippen molar-refractivity contribution in [3.8, 4) is 0 Å². The summed E-state index contributed by atoms with van der Waals surface area (Å²) in [6, 6.07) is 0. The van der Waals surface area contributed by atoms with Crippen molar-refractivity contribution in [2.24, 2.45) is 5.92 Å². The van der Waals surface area contributed by atoms with Crippen LogP contribution in [-0.4, -0.2) is 24.5 Å². The van der Waals surface area contributed by atoms with E-state index in [0.717, 1.165) is 5.92 Å². The lowest BCUT2D eigenvalue weighted by Gasteiger charge is -2.31. The fraction of sp³-hybridized carbons (Fsp3) is 1.00. The van der Waals surface area contributed by atoms with Gasteiger partial charge in [0.2, 0.25) is 0 Å². The predicted molar refractivity (Wildman–Crippen MR) is 52.2 cm³/mol. The third-order valence-corrected chi connectivity index (χ3v) is 3.44. The zero-order valence-electron chi connectivity index (χ0n) is 8.10. The summed E-state index contributed by atoms with van der Waals surface area (Å²) in [6.07, 6.45) is 10.4. The van der Waals surface area contributed by atoms with E-state index >= 15 is 0 Å². The van der Waals surface area contributed by atoms with Gasteiger partial charge in [0.15, 0.2) is 0 Å². The minimum Gasteiger partial charge on any atom is -0.303 e. The van der Waals surface area contributed by atoms with Crippen LogP contribution >= 0.6 is 0 Å². The normalized spacial score (nSPS) is 28.0. The van der Waals surface area contributed by atoms with Gasteiger partial charge in [-0.3, -0.25) is 0 Å². The van der Waals surface area contributed by atoms with E-state index < -0.39 is 0 Å². The van der Waals surface area contributed by atoms with Gasteiger partial charge in [-0.1, -0.05) is 19.3 Å². The van der Waals surface area contributed by atoms with E-state index in [-0.39, 0.29) is 0 Å². The molecule has 0 unspecified atom stereocenters. The molecule has 1 saturated heterocycles. The van der Waals surface area contributed by atoms with Gasteiger partial charge in [-0.25, -0.2) is 0 Å². The van der Waals surface area contributed by atoms with Crippen LogP contribution in [0.4, 0.5) is 0 Å². The standard InChI is InChI=1S/C11H21N/c1-2-4-9-12(8-3-1)10-11-6-5-7-11/h11H,1-10H2. The van der Waals surface area contributed by atoms with Gasteiger partial charge in [-0.05, 0) is 44.7 Å². The van der Waals surface area contributed by atoms with Crippen molar-refractivity contribution >= 4 is 0 Å². The average Bonchev–Trinajstić information content (AvgIpc) is 2.24. The lowest BCUT2D eigenvalue weighted by molar-refractivity contribution is 0.182. The first-order chi connectivity index (χ1) is 5.95. The van der Waals surface area contributed by atoms with Gasteiger partial charge in [0.05, 0.1) is 0 Å². The number of rotatable bonds is 2. The second kappa shape index (κ2) is 4.27. The molecule has 2 rings (SSSR count). The fourth-order valence-electron chi connectivity index (χ4n) is 2.36. The number of nitrogens with zero attached hydrogens (tertiary/aromatic N) is 1. The zero-order chi connectivity index (χ0) is 8.23. The number of hydrogen-bond acceptors (Lipinski definition) is 1. The third kappa shape index (κ3) is 2.22. The molecule has 0 bridgehead atoms. The van der Waals surface area contributed by atoms with E-state index in [1.807, 2.05) is 0 Å². The molecule has 1 aliphatic carbocycles. The number of likely N-dealkylation sites (tertiary alicyclic amines) is 1. The molecule has 12 heavy (non-hydrogen) atoms. The largest absolute Gasteiger partial charge is 0.303 e. The highest BCUT2D eigenvalue weighted by Gasteiger charge is 2.20. The molecule has 1 heteroatoms. The monoisotopic (exact) mass is 167 g/mol. The van der Waals surface area contributed by atoms with Crippen LogP contribution in [0.15, 0.2) is 0 Å². The van der Waals surface area contributed by atoms with Crippen molar-refractivity contribution in [1.82, 2.24) is 4.90 Å². The molecule has 0 atom stereocenters. The minimum atomic E-state index is 1.07. The quantitative estimate of drug-likeness (QED) is 0.611. The summed E-state index contributed by atoms with van der Waals surface area (Å²) in [7, 11) is 0. The molecular formula is C11H21N. The van der Waals surface area contributed by atoms with Crippen molar-refractivity contribution in [2.45, 2.75) is 44.9 Å². The first-order valence-electron chi connectivity index (χ1n) is 5.67. The third-order valence-electron chi connectivity index (χ3n) is 3.44. The topological polar surface area (TPSA) is 3.24 Å². The van der Waals surface area contributed by atoms with Crippen molar-refractivity contribution in [2.75, 3.05) is 19.6 Å². The van der Waals surface area contributed by atoms with Crippen LogP contribution in [0.3, 0.4) is 0 Å². The van der Waals surface area contributed by atoms with Crippen LogP contribution in [0.2, 0.25) is 0 Å². The summed E-state index contributed by atoms with van der Waals surface area (Å²) in [5, 5.41) is 0. The summed E-state index contributed by atoms with van der Waals surface area (Å²) in [5.41, 5.74) is 0. The molecule has 0 aromatic rings. The fourth-order valence-corrected chi connectivity index (χ4v) is 2.36. The van der Waals surface area contributed by atoms with Crippen LogP contribution in [-0.2, 0) is 0 Å². The molecular weight excluding hydrogens is 146 g/mol. The molecule has 0 radical (unpaired) electrons.